The Kier molecular flexibility index (Phi) is 2.99. The van der Waals surface area contributed by atoms with Crippen LogP contribution in [0.2, 0.25) is 0 Å². The van der Waals surface area contributed by atoms with E-state index in [-0.39, 0.29) is 6.10 Å². The van der Waals surface area contributed by atoms with Gasteiger partial charge in [-0.05, 0) is 13.0 Å². The number of anilines is 1. The van der Waals surface area contributed by atoms with E-state index in [0.29, 0.717) is 12.5 Å². The predicted octanol–water partition coefficient (Wildman–Crippen LogP) is 0.294. The lowest BCUT2D eigenvalue weighted by Gasteiger charge is -2.17. The van der Waals surface area contributed by atoms with Gasteiger partial charge in [0.05, 0.1) is 6.10 Å². The summed E-state index contributed by atoms with van der Waals surface area (Å²) in [5.41, 5.74) is 0. The van der Waals surface area contributed by atoms with Crippen molar-refractivity contribution in [2.75, 3.05) is 18.5 Å². The SMILES string of the molecule is CC(O)CN(C)c1ncccn1. The third kappa shape index (κ3) is 2.47. The van der Waals surface area contributed by atoms with Gasteiger partial charge in [-0.15, -0.1) is 0 Å². The molecule has 12 heavy (non-hydrogen) atoms. The summed E-state index contributed by atoms with van der Waals surface area (Å²) in [7, 11) is 1.85. The molecular formula is C8H13N3O. The van der Waals surface area contributed by atoms with Crippen molar-refractivity contribution in [3.63, 3.8) is 0 Å². The van der Waals surface area contributed by atoms with E-state index >= 15 is 0 Å². The topological polar surface area (TPSA) is 49.2 Å². The molecule has 0 bridgehead atoms. The molecule has 0 aromatic carbocycles. The molecule has 4 nitrogen and oxygen atoms in total. The van der Waals surface area contributed by atoms with Gasteiger partial charge >= 0.3 is 0 Å². The Labute approximate surface area is 71.9 Å². The van der Waals surface area contributed by atoms with Crippen LogP contribution in [0.15, 0.2) is 18.5 Å². The summed E-state index contributed by atoms with van der Waals surface area (Å²) in [6.07, 6.45) is 3.00. The highest BCUT2D eigenvalue weighted by atomic mass is 16.3. The summed E-state index contributed by atoms with van der Waals surface area (Å²) in [5.74, 6) is 0.637. The van der Waals surface area contributed by atoms with Crippen LogP contribution in [0.1, 0.15) is 6.92 Å². The van der Waals surface area contributed by atoms with Crippen LogP contribution in [-0.2, 0) is 0 Å². The second kappa shape index (κ2) is 4.01. The van der Waals surface area contributed by atoms with Crippen molar-refractivity contribution in [2.24, 2.45) is 0 Å². The molecule has 1 atom stereocenters. The lowest BCUT2D eigenvalue weighted by Crippen LogP contribution is -2.28. The van der Waals surface area contributed by atoms with Gasteiger partial charge in [0.2, 0.25) is 5.95 Å². The van der Waals surface area contributed by atoms with Gasteiger partial charge in [-0.2, -0.15) is 0 Å². The standard InChI is InChI=1S/C8H13N3O/c1-7(12)6-11(2)8-9-4-3-5-10-8/h3-5,7,12H,6H2,1-2H3. The highest BCUT2D eigenvalue weighted by molar-refractivity contribution is 5.26. The second-order valence-electron chi connectivity index (χ2n) is 2.78. The van der Waals surface area contributed by atoms with Crippen LogP contribution in [0.25, 0.3) is 0 Å². The van der Waals surface area contributed by atoms with Crippen LogP contribution >= 0.6 is 0 Å². The normalized spacial score (nSPS) is 12.6. The Balaban J connectivity index is 2.59. The maximum absolute atomic E-state index is 9.09. The molecule has 0 amide bonds. The molecule has 1 rings (SSSR count). The molecule has 1 N–H and O–H groups in total. The zero-order chi connectivity index (χ0) is 8.97. The lowest BCUT2D eigenvalue weighted by molar-refractivity contribution is 0.201. The van der Waals surface area contributed by atoms with Gasteiger partial charge in [0.1, 0.15) is 0 Å². The average Bonchev–Trinajstić information content (AvgIpc) is 2.05. The van der Waals surface area contributed by atoms with Crippen LogP contribution in [0.3, 0.4) is 0 Å². The summed E-state index contributed by atoms with van der Waals surface area (Å²) >= 11 is 0. The van der Waals surface area contributed by atoms with E-state index in [1.807, 2.05) is 11.9 Å². The van der Waals surface area contributed by atoms with E-state index in [4.69, 9.17) is 5.11 Å². The summed E-state index contributed by atoms with van der Waals surface area (Å²) < 4.78 is 0. The van der Waals surface area contributed by atoms with Crippen LogP contribution in [-0.4, -0.2) is 34.8 Å². The first-order chi connectivity index (χ1) is 5.70. The number of likely N-dealkylation sites (N-methyl/N-ethyl adjacent to an activating group) is 1. The van der Waals surface area contributed by atoms with E-state index in [9.17, 15) is 0 Å². The molecule has 1 aromatic heterocycles. The minimum absolute atomic E-state index is 0.362. The number of hydrogen-bond acceptors (Lipinski definition) is 4. The van der Waals surface area contributed by atoms with Crippen molar-refractivity contribution in [3.8, 4) is 0 Å². The first-order valence-corrected chi connectivity index (χ1v) is 3.86. The quantitative estimate of drug-likeness (QED) is 0.703. The lowest BCUT2D eigenvalue weighted by atomic mass is 10.4. The molecule has 0 radical (unpaired) electrons. The van der Waals surface area contributed by atoms with E-state index in [1.165, 1.54) is 0 Å². The number of nitrogens with zero attached hydrogens (tertiary/aromatic N) is 3. The molecule has 0 fully saturated rings. The van der Waals surface area contributed by atoms with Crippen molar-refractivity contribution < 1.29 is 5.11 Å². The Morgan fingerprint density at radius 3 is 2.58 bits per heavy atom. The number of aliphatic hydroxyl groups is 1. The van der Waals surface area contributed by atoms with E-state index in [2.05, 4.69) is 9.97 Å². The summed E-state index contributed by atoms with van der Waals surface area (Å²) in [4.78, 5) is 9.88. The van der Waals surface area contributed by atoms with Crippen molar-refractivity contribution >= 4 is 5.95 Å². The zero-order valence-electron chi connectivity index (χ0n) is 7.31. The van der Waals surface area contributed by atoms with Gasteiger partial charge < -0.3 is 10.0 Å². The molecule has 0 aliphatic carbocycles. The third-order valence-corrected chi connectivity index (χ3v) is 1.43. The molecule has 4 heteroatoms. The first kappa shape index (κ1) is 8.93. The van der Waals surface area contributed by atoms with Crippen LogP contribution in [0.4, 0.5) is 5.95 Å². The van der Waals surface area contributed by atoms with E-state index in [0.717, 1.165) is 0 Å². The third-order valence-electron chi connectivity index (χ3n) is 1.43. The minimum atomic E-state index is -0.362. The highest BCUT2D eigenvalue weighted by Gasteiger charge is 2.04. The largest absolute Gasteiger partial charge is 0.392 e. The Hall–Kier alpha value is -1.16. The number of hydrogen-bond donors (Lipinski definition) is 1. The second-order valence-corrected chi connectivity index (χ2v) is 2.78. The van der Waals surface area contributed by atoms with Gasteiger partial charge in [-0.3, -0.25) is 0 Å². The fourth-order valence-corrected chi connectivity index (χ4v) is 0.966. The molecule has 0 saturated heterocycles. The molecule has 0 spiro atoms. The summed E-state index contributed by atoms with van der Waals surface area (Å²) in [5, 5.41) is 9.09. The maximum atomic E-state index is 9.09. The van der Waals surface area contributed by atoms with Crippen molar-refractivity contribution in [3.05, 3.63) is 18.5 Å². The first-order valence-electron chi connectivity index (χ1n) is 3.86. The van der Waals surface area contributed by atoms with Gasteiger partial charge in [0.15, 0.2) is 0 Å². The summed E-state index contributed by atoms with van der Waals surface area (Å²) in [6, 6.07) is 1.76. The van der Waals surface area contributed by atoms with Gasteiger partial charge in [-0.25, -0.2) is 9.97 Å². The maximum Gasteiger partial charge on any atom is 0.225 e. The average molecular weight is 167 g/mol. The van der Waals surface area contributed by atoms with Crippen LogP contribution < -0.4 is 4.90 Å². The smallest absolute Gasteiger partial charge is 0.225 e. The Bertz CT molecular complexity index is 225. The van der Waals surface area contributed by atoms with Gasteiger partial charge in [0, 0.05) is 26.0 Å². The number of aromatic nitrogens is 2. The fraction of sp³-hybridized carbons (Fsp3) is 0.500. The zero-order valence-corrected chi connectivity index (χ0v) is 7.31. The molecule has 1 aromatic rings. The molecule has 0 aliphatic rings. The molecular weight excluding hydrogens is 154 g/mol. The summed E-state index contributed by atoms with van der Waals surface area (Å²) in [6.45, 7) is 2.28. The number of rotatable bonds is 3. The Morgan fingerprint density at radius 1 is 1.50 bits per heavy atom. The van der Waals surface area contributed by atoms with Gasteiger partial charge in [-0.1, -0.05) is 0 Å². The monoisotopic (exact) mass is 167 g/mol. The van der Waals surface area contributed by atoms with Crippen LogP contribution in [0.5, 0.6) is 0 Å². The molecule has 0 aliphatic heterocycles. The minimum Gasteiger partial charge on any atom is -0.392 e. The highest BCUT2D eigenvalue weighted by Crippen LogP contribution is 2.01. The van der Waals surface area contributed by atoms with Crippen molar-refractivity contribution in [2.45, 2.75) is 13.0 Å². The molecule has 1 unspecified atom stereocenters. The van der Waals surface area contributed by atoms with E-state index < -0.39 is 0 Å². The molecule has 1 heterocycles. The van der Waals surface area contributed by atoms with Gasteiger partial charge in [0.25, 0.3) is 0 Å². The van der Waals surface area contributed by atoms with E-state index in [1.54, 1.807) is 25.4 Å². The molecule has 0 saturated carbocycles. The number of aliphatic hydroxyl groups excluding tert-OH is 1. The van der Waals surface area contributed by atoms with Crippen molar-refractivity contribution in [1.29, 1.82) is 0 Å². The van der Waals surface area contributed by atoms with Crippen molar-refractivity contribution in [1.82, 2.24) is 9.97 Å². The fourth-order valence-electron chi connectivity index (χ4n) is 0.966. The molecule has 66 valence electrons. The predicted molar refractivity (Wildman–Crippen MR) is 47.0 cm³/mol. The van der Waals surface area contributed by atoms with Crippen LogP contribution in [0, 0.1) is 0 Å². The Morgan fingerprint density at radius 2 is 2.08 bits per heavy atom.